The van der Waals surface area contributed by atoms with Gasteiger partial charge in [0.2, 0.25) is 0 Å². The maximum Gasteiger partial charge on any atom is 0.270 e. The minimum atomic E-state index is -3.63. The summed E-state index contributed by atoms with van der Waals surface area (Å²) >= 11 is 0. The summed E-state index contributed by atoms with van der Waals surface area (Å²) in [7, 11) is -2.17. The van der Waals surface area contributed by atoms with Gasteiger partial charge in [0.05, 0.1) is 18.1 Å². The van der Waals surface area contributed by atoms with Crippen molar-refractivity contribution in [3.8, 4) is 12.0 Å². The average Bonchev–Trinajstić information content (AvgIpc) is 2.58. The maximum atomic E-state index is 12.6. The monoisotopic (exact) mass is 377 g/mol. The summed E-state index contributed by atoms with van der Waals surface area (Å²) in [5.41, 5.74) is 0.697. The van der Waals surface area contributed by atoms with Gasteiger partial charge in [-0.15, -0.1) is 6.58 Å². The molecule has 26 heavy (non-hydrogen) atoms. The van der Waals surface area contributed by atoms with E-state index in [2.05, 4.69) is 18.5 Å². The molecule has 0 saturated carbocycles. The molecule has 142 valence electrons. The maximum absolute atomic E-state index is 12.6. The Morgan fingerprint density at radius 3 is 2.35 bits per heavy atom. The zero-order chi connectivity index (χ0) is 19.4. The van der Waals surface area contributed by atoms with Gasteiger partial charge in [0.1, 0.15) is 0 Å². The SMILES string of the molecule is C=CCC1(CC#CN(C)S(=O)(=O)c2ccc(C)cc2)COC(C)(C)OC1. The van der Waals surface area contributed by atoms with Crippen molar-refractivity contribution >= 4 is 10.0 Å². The van der Waals surface area contributed by atoms with E-state index in [0.717, 1.165) is 9.87 Å². The van der Waals surface area contributed by atoms with Gasteiger partial charge in [-0.1, -0.05) is 29.7 Å². The molecule has 0 bridgehead atoms. The number of benzene rings is 1. The van der Waals surface area contributed by atoms with E-state index < -0.39 is 15.8 Å². The highest BCUT2D eigenvalue weighted by atomic mass is 32.2. The van der Waals surface area contributed by atoms with Crippen LogP contribution in [-0.2, 0) is 19.5 Å². The van der Waals surface area contributed by atoms with Gasteiger partial charge in [-0.2, -0.15) is 0 Å². The molecule has 1 aliphatic heterocycles. The number of rotatable bonds is 5. The van der Waals surface area contributed by atoms with Crippen molar-refractivity contribution < 1.29 is 17.9 Å². The Morgan fingerprint density at radius 1 is 1.23 bits per heavy atom. The molecule has 1 aromatic rings. The van der Waals surface area contributed by atoms with Crippen molar-refractivity contribution in [3.63, 3.8) is 0 Å². The van der Waals surface area contributed by atoms with Crippen molar-refractivity contribution in [2.24, 2.45) is 5.41 Å². The van der Waals surface area contributed by atoms with Crippen LogP contribution in [0.3, 0.4) is 0 Å². The molecule has 0 aliphatic carbocycles. The molecule has 0 atom stereocenters. The zero-order valence-corrected chi connectivity index (χ0v) is 16.7. The lowest BCUT2D eigenvalue weighted by molar-refractivity contribution is -0.284. The first-order chi connectivity index (χ1) is 12.1. The summed E-state index contributed by atoms with van der Waals surface area (Å²) in [6, 6.07) is 9.46. The Kier molecular flexibility index (Phi) is 6.17. The van der Waals surface area contributed by atoms with Gasteiger partial charge >= 0.3 is 0 Å². The number of nitrogens with zero attached hydrogens (tertiary/aromatic N) is 1. The van der Waals surface area contributed by atoms with Crippen LogP contribution >= 0.6 is 0 Å². The molecule has 0 radical (unpaired) electrons. The fraction of sp³-hybridized carbons (Fsp3) is 0.500. The molecule has 1 saturated heterocycles. The number of allylic oxidation sites excluding steroid dienone is 1. The molecule has 2 rings (SSSR count). The van der Waals surface area contributed by atoms with E-state index in [1.165, 1.54) is 7.05 Å². The lowest BCUT2D eigenvalue weighted by Gasteiger charge is -2.42. The minimum Gasteiger partial charge on any atom is -0.350 e. The molecule has 6 heteroatoms. The highest BCUT2D eigenvalue weighted by Gasteiger charge is 2.38. The van der Waals surface area contributed by atoms with Crippen LogP contribution in [0.4, 0.5) is 0 Å². The van der Waals surface area contributed by atoms with E-state index in [9.17, 15) is 8.42 Å². The number of hydrogen-bond donors (Lipinski definition) is 0. The molecular weight excluding hydrogens is 350 g/mol. The van der Waals surface area contributed by atoms with E-state index >= 15 is 0 Å². The summed E-state index contributed by atoms with van der Waals surface area (Å²) in [6.45, 7) is 10.4. The first-order valence-electron chi connectivity index (χ1n) is 8.53. The van der Waals surface area contributed by atoms with Crippen LogP contribution in [0.1, 0.15) is 32.3 Å². The smallest absolute Gasteiger partial charge is 0.270 e. The van der Waals surface area contributed by atoms with Gasteiger partial charge in [-0.3, -0.25) is 0 Å². The predicted molar refractivity (Wildman–Crippen MR) is 102 cm³/mol. The Hall–Kier alpha value is -1.81. The second-order valence-corrected chi connectivity index (χ2v) is 9.19. The van der Waals surface area contributed by atoms with Crippen molar-refractivity contribution in [2.75, 3.05) is 20.3 Å². The van der Waals surface area contributed by atoms with Crippen LogP contribution in [-0.4, -0.2) is 38.8 Å². The third kappa shape index (κ3) is 4.88. The fourth-order valence-electron chi connectivity index (χ4n) is 2.60. The van der Waals surface area contributed by atoms with Gasteiger partial charge in [-0.05, 0) is 39.3 Å². The summed E-state index contributed by atoms with van der Waals surface area (Å²) < 4.78 is 37.8. The minimum absolute atomic E-state index is 0.229. The molecule has 0 spiro atoms. The second kappa shape index (κ2) is 7.83. The van der Waals surface area contributed by atoms with Gasteiger partial charge in [-0.25, -0.2) is 12.7 Å². The van der Waals surface area contributed by atoms with E-state index in [-0.39, 0.29) is 10.3 Å². The molecular formula is C20H27NO4S. The highest BCUT2D eigenvalue weighted by molar-refractivity contribution is 7.89. The molecule has 0 aromatic heterocycles. The van der Waals surface area contributed by atoms with E-state index in [1.807, 2.05) is 26.8 Å². The first-order valence-corrected chi connectivity index (χ1v) is 9.97. The average molecular weight is 378 g/mol. The van der Waals surface area contributed by atoms with Crippen LogP contribution in [0.15, 0.2) is 41.8 Å². The quantitative estimate of drug-likeness (QED) is 0.449. The molecule has 1 aliphatic rings. The second-order valence-electron chi connectivity index (χ2n) is 7.22. The first kappa shape index (κ1) is 20.5. The Balaban J connectivity index is 2.11. The zero-order valence-electron chi connectivity index (χ0n) is 15.9. The number of hydrogen-bond acceptors (Lipinski definition) is 4. The highest BCUT2D eigenvalue weighted by Crippen LogP contribution is 2.35. The Morgan fingerprint density at radius 2 is 1.81 bits per heavy atom. The third-order valence-corrected chi connectivity index (χ3v) is 6.09. The van der Waals surface area contributed by atoms with Crippen molar-refractivity contribution in [1.29, 1.82) is 0 Å². The molecule has 0 unspecified atom stereocenters. The molecule has 1 aromatic carbocycles. The molecule has 0 N–H and O–H groups in total. The molecule has 1 heterocycles. The van der Waals surface area contributed by atoms with Crippen molar-refractivity contribution in [2.45, 2.75) is 44.3 Å². The van der Waals surface area contributed by atoms with Crippen molar-refractivity contribution in [1.82, 2.24) is 4.31 Å². The number of sulfonamides is 1. The third-order valence-electron chi connectivity index (χ3n) is 4.41. The predicted octanol–water partition coefficient (Wildman–Crippen LogP) is 3.31. The molecule has 5 nitrogen and oxygen atoms in total. The van der Waals surface area contributed by atoms with Gasteiger partial charge in [0.15, 0.2) is 5.79 Å². The van der Waals surface area contributed by atoms with Gasteiger partial charge in [0.25, 0.3) is 10.0 Å². The summed E-state index contributed by atoms with van der Waals surface area (Å²) in [6.07, 6.45) is 2.97. The summed E-state index contributed by atoms with van der Waals surface area (Å²) in [4.78, 5) is 0.229. The van der Waals surface area contributed by atoms with Crippen LogP contribution in [0.25, 0.3) is 0 Å². The van der Waals surface area contributed by atoms with E-state index in [1.54, 1.807) is 24.3 Å². The fourth-order valence-corrected chi connectivity index (χ4v) is 3.58. The summed E-state index contributed by atoms with van der Waals surface area (Å²) in [5, 5.41) is 0. The lowest BCUT2D eigenvalue weighted by atomic mass is 9.82. The standard InChI is InChI=1S/C20H27NO4S/c1-6-12-20(15-24-19(3,4)25-16-20)13-7-14-21(5)26(22,23)18-10-8-17(2)9-11-18/h6,8-11H,1,12-13,15-16H2,2-5H3. The molecule has 0 amide bonds. The van der Waals surface area contributed by atoms with Crippen LogP contribution in [0.2, 0.25) is 0 Å². The van der Waals surface area contributed by atoms with Gasteiger partial charge < -0.3 is 9.47 Å². The van der Waals surface area contributed by atoms with Crippen LogP contribution in [0, 0.1) is 24.3 Å². The number of aryl methyl sites for hydroxylation is 1. The van der Waals surface area contributed by atoms with Crippen LogP contribution in [0.5, 0.6) is 0 Å². The lowest BCUT2D eigenvalue weighted by Crippen LogP contribution is -2.46. The Labute approximate surface area is 157 Å². The van der Waals surface area contributed by atoms with E-state index in [0.29, 0.717) is 26.1 Å². The topological polar surface area (TPSA) is 55.8 Å². The van der Waals surface area contributed by atoms with E-state index in [4.69, 9.17) is 9.47 Å². The molecule has 1 fully saturated rings. The number of ether oxygens (including phenoxy) is 2. The van der Waals surface area contributed by atoms with Gasteiger partial charge in [0, 0.05) is 24.9 Å². The summed E-state index contributed by atoms with van der Waals surface area (Å²) in [5.74, 6) is 2.38. The van der Waals surface area contributed by atoms with Crippen molar-refractivity contribution in [3.05, 3.63) is 42.5 Å². The largest absolute Gasteiger partial charge is 0.350 e. The Bertz CT molecular complexity index is 790. The normalized spacial score (nSPS) is 18.5. The van der Waals surface area contributed by atoms with Crippen LogP contribution < -0.4 is 0 Å².